The molecule has 224 valence electrons. The van der Waals surface area contributed by atoms with Gasteiger partial charge in [-0.2, -0.15) is 0 Å². The van der Waals surface area contributed by atoms with E-state index in [4.69, 9.17) is 32.7 Å². The molecule has 0 aromatic carbocycles. The fourth-order valence-corrected chi connectivity index (χ4v) is 5.89. The third-order valence-corrected chi connectivity index (χ3v) is 8.32. The highest BCUT2D eigenvalue weighted by atomic mass is 35.5. The molecule has 2 fully saturated rings. The van der Waals surface area contributed by atoms with Crippen molar-refractivity contribution in [3.8, 4) is 11.4 Å². The van der Waals surface area contributed by atoms with E-state index in [1.807, 2.05) is 12.1 Å². The topological polar surface area (TPSA) is 86.4 Å². The standard InChI is InChI=1S/2C15H19ClN4O/c2*1-10-4-5-11(2)20(10)13-8-14(17-18-15(13)16)19-6-7-21-9-12(19)3/h2*4-5,8,12H,6-7,9H2,1-3H3/t2*12-/m11/s1. The van der Waals surface area contributed by atoms with E-state index < -0.39 is 0 Å². The van der Waals surface area contributed by atoms with E-state index in [2.05, 4.69) is 105 Å². The number of aryl methyl sites for hydroxylation is 4. The summed E-state index contributed by atoms with van der Waals surface area (Å²) in [6, 6.07) is 12.9. The molecule has 4 aromatic rings. The van der Waals surface area contributed by atoms with Gasteiger partial charge >= 0.3 is 0 Å². The second-order valence-electron chi connectivity index (χ2n) is 10.9. The smallest absolute Gasteiger partial charge is 0.175 e. The number of hydrogen-bond donors (Lipinski definition) is 0. The predicted molar refractivity (Wildman–Crippen MR) is 167 cm³/mol. The third-order valence-electron chi connectivity index (χ3n) is 7.78. The number of halogens is 2. The first-order valence-corrected chi connectivity index (χ1v) is 15.0. The van der Waals surface area contributed by atoms with Crippen LogP contribution in [0.5, 0.6) is 0 Å². The van der Waals surface area contributed by atoms with E-state index in [0.29, 0.717) is 36.7 Å². The van der Waals surface area contributed by atoms with Gasteiger partial charge in [0.05, 0.1) is 49.9 Å². The summed E-state index contributed by atoms with van der Waals surface area (Å²) in [4.78, 5) is 4.43. The molecule has 0 unspecified atom stereocenters. The van der Waals surface area contributed by atoms with Gasteiger partial charge in [-0.15, -0.1) is 20.4 Å². The molecule has 0 radical (unpaired) electrons. The zero-order valence-electron chi connectivity index (χ0n) is 25.0. The van der Waals surface area contributed by atoms with Gasteiger partial charge in [-0.05, 0) is 65.8 Å². The molecule has 0 spiro atoms. The summed E-state index contributed by atoms with van der Waals surface area (Å²) in [5.41, 5.74) is 6.26. The lowest BCUT2D eigenvalue weighted by Crippen LogP contribution is -2.44. The number of hydrogen-bond acceptors (Lipinski definition) is 8. The van der Waals surface area contributed by atoms with Gasteiger partial charge in [-0.1, -0.05) is 23.2 Å². The van der Waals surface area contributed by atoms with Crippen LogP contribution in [-0.2, 0) is 9.47 Å². The van der Waals surface area contributed by atoms with Gasteiger partial charge in [-0.3, -0.25) is 0 Å². The van der Waals surface area contributed by atoms with E-state index in [1.54, 1.807) is 0 Å². The van der Waals surface area contributed by atoms with Crippen LogP contribution >= 0.6 is 23.2 Å². The number of ether oxygens (including phenoxy) is 2. The first kappa shape index (κ1) is 30.3. The van der Waals surface area contributed by atoms with Crippen molar-refractivity contribution in [2.75, 3.05) is 49.3 Å². The predicted octanol–water partition coefficient (Wildman–Crippen LogP) is 5.53. The van der Waals surface area contributed by atoms with Crippen LogP contribution in [0.1, 0.15) is 36.6 Å². The van der Waals surface area contributed by atoms with Crippen molar-refractivity contribution in [3.63, 3.8) is 0 Å². The van der Waals surface area contributed by atoms with Crippen molar-refractivity contribution >= 4 is 34.8 Å². The zero-order valence-corrected chi connectivity index (χ0v) is 26.5. The Balaban J connectivity index is 0.000000168. The molecular formula is C30H38Cl2N8O2. The van der Waals surface area contributed by atoms with Crippen LogP contribution in [-0.4, -0.2) is 81.1 Å². The third kappa shape index (κ3) is 6.27. The van der Waals surface area contributed by atoms with E-state index in [-0.39, 0.29) is 12.1 Å². The SMILES string of the molecule is Cc1ccc(C)n1-c1cc(N2CCOC[C@H]2C)nnc1Cl.Cc1ccc(C)n1-c1cc(N2CCOC[C@H]2C)nnc1Cl. The molecule has 2 atom stereocenters. The molecule has 2 aliphatic heterocycles. The Morgan fingerprint density at radius 2 is 0.976 bits per heavy atom. The summed E-state index contributed by atoms with van der Waals surface area (Å²) in [7, 11) is 0. The van der Waals surface area contributed by atoms with Gasteiger partial charge in [-0.25, -0.2) is 0 Å². The van der Waals surface area contributed by atoms with Gasteiger partial charge in [0, 0.05) is 48.0 Å². The van der Waals surface area contributed by atoms with Crippen LogP contribution in [0.4, 0.5) is 11.6 Å². The largest absolute Gasteiger partial charge is 0.377 e. The highest BCUT2D eigenvalue weighted by molar-refractivity contribution is 6.31. The molecule has 4 aromatic heterocycles. The first-order valence-electron chi connectivity index (χ1n) is 14.2. The lowest BCUT2D eigenvalue weighted by atomic mass is 10.2. The molecule has 0 N–H and O–H groups in total. The minimum Gasteiger partial charge on any atom is -0.377 e. The van der Waals surface area contributed by atoms with Crippen molar-refractivity contribution in [1.29, 1.82) is 0 Å². The molecule has 10 nitrogen and oxygen atoms in total. The zero-order chi connectivity index (χ0) is 30.0. The van der Waals surface area contributed by atoms with Crippen LogP contribution in [0.25, 0.3) is 11.4 Å². The quantitative estimate of drug-likeness (QED) is 0.297. The van der Waals surface area contributed by atoms with Crippen LogP contribution in [0.3, 0.4) is 0 Å². The highest BCUT2D eigenvalue weighted by Gasteiger charge is 2.23. The Morgan fingerprint density at radius 1 is 0.619 bits per heavy atom. The maximum atomic E-state index is 6.27. The number of nitrogens with zero attached hydrogens (tertiary/aromatic N) is 8. The van der Waals surface area contributed by atoms with Crippen LogP contribution in [0.15, 0.2) is 36.4 Å². The van der Waals surface area contributed by atoms with Gasteiger partial charge < -0.3 is 28.4 Å². The summed E-state index contributed by atoms with van der Waals surface area (Å²) >= 11 is 12.5. The fourth-order valence-electron chi connectivity index (χ4n) is 5.54. The Labute approximate surface area is 257 Å². The summed E-state index contributed by atoms with van der Waals surface area (Å²) in [5.74, 6) is 1.69. The molecule has 42 heavy (non-hydrogen) atoms. The molecule has 12 heteroatoms. The number of morpholine rings is 2. The van der Waals surface area contributed by atoms with Gasteiger partial charge in [0.25, 0.3) is 0 Å². The molecule has 6 rings (SSSR count). The van der Waals surface area contributed by atoms with Crippen molar-refractivity contribution in [3.05, 3.63) is 69.5 Å². The van der Waals surface area contributed by atoms with E-state index in [0.717, 1.165) is 58.9 Å². The molecule has 2 saturated heterocycles. The molecule has 0 amide bonds. The first-order chi connectivity index (χ1) is 20.2. The van der Waals surface area contributed by atoms with Crippen molar-refractivity contribution < 1.29 is 9.47 Å². The Kier molecular flexibility index (Phi) is 9.37. The molecule has 6 heterocycles. The molecular weight excluding hydrogens is 575 g/mol. The maximum absolute atomic E-state index is 6.27. The second-order valence-corrected chi connectivity index (χ2v) is 11.6. The normalized spacial score (nSPS) is 19.0. The van der Waals surface area contributed by atoms with Crippen molar-refractivity contribution in [2.45, 2.75) is 53.6 Å². The van der Waals surface area contributed by atoms with Crippen molar-refractivity contribution in [2.24, 2.45) is 0 Å². The monoisotopic (exact) mass is 612 g/mol. The lowest BCUT2D eigenvalue weighted by Gasteiger charge is -2.34. The van der Waals surface area contributed by atoms with Crippen LogP contribution in [0.2, 0.25) is 10.3 Å². The number of anilines is 2. The summed E-state index contributed by atoms with van der Waals surface area (Å²) < 4.78 is 15.2. The number of aromatic nitrogens is 6. The minimum absolute atomic E-state index is 0.286. The van der Waals surface area contributed by atoms with Gasteiger partial charge in [0.15, 0.2) is 21.9 Å². The Hall–Kier alpha value is -3.18. The minimum atomic E-state index is 0.286. The van der Waals surface area contributed by atoms with E-state index in [1.165, 1.54) is 0 Å². The molecule has 0 bridgehead atoms. The molecule has 2 aliphatic rings. The summed E-state index contributed by atoms with van der Waals surface area (Å²) in [5, 5.41) is 17.6. The van der Waals surface area contributed by atoms with Gasteiger partial charge in [0.1, 0.15) is 0 Å². The van der Waals surface area contributed by atoms with Crippen molar-refractivity contribution in [1.82, 2.24) is 29.5 Å². The van der Waals surface area contributed by atoms with Crippen LogP contribution < -0.4 is 9.80 Å². The second kappa shape index (κ2) is 13.0. The fraction of sp³-hybridized carbons (Fsp3) is 0.467. The van der Waals surface area contributed by atoms with Gasteiger partial charge in [0.2, 0.25) is 0 Å². The average molecular weight is 614 g/mol. The average Bonchev–Trinajstić information content (AvgIpc) is 3.49. The Morgan fingerprint density at radius 3 is 1.31 bits per heavy atom. The van der Waals surface area contributed by atoms with Crippen LogP contribution in [0, 0.1) is 27.7 Å². The molecule has 0 saturated carbocycles. The van der Waals surface area contributed by atoms with E-state index >= 15 is 0 Å². The van der Waals surface area contributed by atoms with E-state index in [9.17, 15) is 0 Å². The molecule has 0 aliphatic carbocycles. The number of rotatable bonds is 4. The highest BCUT2D eigenvalue weighted by Crippen LogP contribution is 2.28. The lowest BCUT2D eigenvalue weighted by molar-refractivity contribution is 0.0984. The maximum Gasteiger partial charge on any atom is 0.175 e. The Bertz CT molecular complexity index is 1380. The summed E-state index contributed by atoms with van der Waals surface area (Å²) in [6.45, 7) is 17.0. The summed E-state index contributed by atoms with van der Waals surface area (Å²) in [6.07, 6.45) is 0.